The van der Waals surface area contributed by atoms with Crippen LogP contribution in [0.1, 0.15) is 25.3 Å². The molecular formula is C21H22F5N2NiO5-. The predicted octanol–water partition coefficient (Wildman–Crippen LogP) is 1.78. The average Bonchev–Trinajstić information content (AvgIpc) is 3.01. The van der Waals surface area contributed by atoms with Crippen molar-refractivity contribution >= 4 is 16.3 Å². The second-order valence-corrected chi connectivity index (χ2v) is 7.91. The van der Waals surface area contributed by atoms with Crippen molar-refractivity contribution in [2.75, 3.05) is 7.11 Å². The van der Waals surface area contributed by atoms with Crippen LogP contribution in [0, 0.1) is 24.1 Å². The molecule has 7 nitrogen and oxygen atoms in total. The molecule has 1 fully saturated rings. The van der Waals surface area contributed by atoms with Gasteiger partial charge in [0.15, 0.2) is 0 Å². The molecule has 0 aromatic heterocycles. The number of primary amides is 1. The van der Waals surface area contributed by atoms with Crippen LogP contribution in [0.5, 0.6) is 5.75 Å². The number of carbonyl (C=O) groups is 2. The Labute approximate surface area is 199 Å². The number of amides is 2. The zero-order valence-electron chi connectivity index (χ0n) is 18.0. The van der Waals surface area contributed by atoms with Gasteiger partial charge in [0.25, 0.3) is 0 Å². The first-order chi connectivity index (χ1) is 15.2. The molecule has 5 N–H and O–H groups in total. The number of alkyl halides is 3. The Kier molecular flexibility index (Phi) is 9.30. The molecule has 0 radical (unpaired) electrons. The summed E-state index contributed by atoms with van der Waals surface area (Å²) < 4.78 is 79.5. The van der Waals surface area contributed by atoms with Crippen LogP contribution in [0.2, 0.25) is 0 Å². The molecule has 34 heavy (non-hydrogen) atoms. The molecule has 1 aromatic carbocycles. The van der Waals surface area contributed by atoms with Crippen LogP contribution in [0.25, 0.3) is 0 Å². The van der Waals surface area contributed by atoms with Crippen molar-refractivity contribution in [1.29, 1.82) is 0 Å². The number of halogens is 5. The molecule has 1 aromatic rings. The molecule has 13 heteroatoms. The first-order valence-electron chi connectivity index (χ1n) is 9.32. The Morgan fingerprint density at radius 2 is 1.91 bits per heavy atom. The number of ether oxygens (including phenoxy) is 2. The van der Waals surface area contributed by atoms with E-state index >= 15 is 0 Å². The van der Waals surface area contributed by atoms with Gasteiger partial charge in [-0.25, -0.2) is 0 Å². The Hall–Kier alpha value is -2.63. The van der Waals surface area contributed by atoms with Crippen LogP contribution in [-0.4, -0.2) is 46.8 Å². The number of allylic oxidation sites excluding steroid dienone is 1. The van der Waals surface area contributed by atoms with E-state index in [9.17, 15) is 31.5 Å². The molecular weight excluding hydrogens is 514 g/mol. The average molecular weight is 536 g/mol. The van der Waals surface area contributed by atoms with Crippen LogP contribution < -0.4 is 15.8 Å². The van der Waals surface area contributed by atoms with Gasteiger partial charge in [-0.2, -0.15) is 0 Å². The van der Waals surface area contributed by atoms with Gasteiger partial charge in [0.2, 0.25) is 0 Å². The predicted molar refractivity (Wildman–Crippen MR) is 107 cm³/mol. The Bertz CT molecular complexity index is 1030. The van der Waals surface area contributed by atoms with Crippen LogP contribution in [-0.2, 0) is 29.4 Å². The van der Waals surface area contributed by atoms with Crippen molar-refractivity contribution < 1.29 is 61.5 Å². The second kappa shape index (κ2) is 10.8. The van der Waals surface area contributed by atoms with Gasteiger partial charge in [0.05, 0.1) is 0 Å². The molecule has 4 atom stereocenters. The standard InChI is InChI=1S/C21H20F5N2O4.Ni.H2O/c1-5-11(6-9-14(27)29)28-19(30)18-15(10(2)20(3,32-18)21(24,25)26)12-7-8-13(22)16(23)17(12)31-4;;/h1,5-8,10,15,18H,2-4H3,(H2,27,29)(H,28,30);;1H2/q-1;;/b11-6+;;/t10-,15+,18+,20+;;/m0../s1. The summed E-state index contributed by atoms with van der Waals surface area (Å²) in [4.78, 5) is 24.1. The topological polar surface area (TPSA) is 122 Å². The third kappa shape index (κ3) is 5.37. The number of benzene rings is 1. The number of hydrogen-bond acceptors (Lipinski definition) is 4. The summed E-state index contributed by atoms with van der Waals surface area (Å²) in [6.07, 6.45) is -4.96. The molecule has 0 unspecified atom stereocenters. The van der Waals surface area contributed by atoms with E-state index in [1.807, 2.05) is 0 Å². The number of hydrogen-bond donors (Lipinski definition) is 2. The van der Waals surface area contributed by atoms with E-state index in [1.54, 1.807) is 0 Å². The first-order valence-corrected chi connectivity index (χ1v) is 9.82. The fourth-order valence-corrected chi connectivity index (χ4v) is 3.73. The van der Waals surface area contributed by atoms with E-state index in [1.165, 1.54) is 6.92 Å². The number of methoxy groups -OCH3 is 1. The van der Waals surface area contributed by atoms with Gasteiger partial charge < -0.3 is 5.48 Å². The van der Waals surface area contributed by atoms with Crippen molar-refractivity contribution in [2.24, 2.45) is 11.7 Å². The zero-order valence-corrected chi connectivity index (χ0v) is 19.0. The van der Waals surface area contributed by atoms with Gasteiger partial charge in [0.1, 0.15) is 0 Å². The van der Waals surface area contributed by atoms with Crippen LogP contribution in [0.15, 0.2) is 30.0 Å². The van der Waals surface area contributed by atoms with Crippen LogP contribution in [0.3, 0.4) is 0 Å². The quantitative estimate of drug-likeness (QED) is 0.239. The van der Waals surface area contributed by atoms with E-state index in [2.05, 4.69) is 20.3 Å². The van der Waals surface area contributed by atoms with E-state index in [0.29, 0.717) is 6.07 Å². The van der Waals surface area contributed by atoms with Gasteiger partial charge in [-0.15, -0.1) is 0 Å². The summed E-state index contributed by atoms with van der Waals surface area (Å²) in [5.41, 5.74) is 1.79. The zero-order chi connectivity index (χ0) is 25.3. The number of nitrogens with one attached hydrogen (secondary N) is 1. The maximum atomic E-state index is 14.3. The van der Waals surface area contributed by atoms with Crippen molar-refractivity contribution in [1.82, 2.24) is 5.32 Å². The molecule has 192 valence electrons. The molecule has 0 bridgehead atoms. The fraction of sp³-hybridized carbons (Fsp3) is 0.381. The number of rotatable bonds is 7. The molecule has 0 saturated carbocycles. The van der Waals surface area contributed by atoms with Gasteiger partial charge in [-0.1, -0.05) is 0 Å². The minimum atomic E-state index is -4.92. The summed E-state index contributed by atoms with van der Waals surface area (Å²) in [6, 6.07) is 1.74. The SMILES string of the molecule is O.[CH-]=C/C(=C\[C](=[Ni])C(N)=O)NC(=O)[C@@H]1O[C@@](C)(C(F)(F)F)[C@@H](C)[C@@H]1c1ccc(F)c(F)c1OC. The summed E-state index contributed by atoms with van der Waals surface area (Å²) in [7, 11) is 1.01. The van der Waals surface area contributed by atoms with Crippen molar-refractivity contribution in [3.8, 4) is 5.75 Å². The molecule has 0 aliphatic carbocycles. The summed E-state index contributed by atoms with van der Waals surface area (Å²) >= 11 is 4.38. The van der Waals surface area contributed by atoms with Gasteiger partial charge in [0, 0.05) is 0 Å². The van der Waals surface area contributed by atoms with E-state index in [-0.39, 0.29) is 21.2 Å². The molecule has 2 rings (SSSR count). The molecule has 1 heterocycles. The Morgan fingerprint density at radius 3 is 2.38 bits per heavy atom. The first kappa shape index (κ1) is 29.4. The van der Waals surface area contributed by atoms with Gasteiger partial charge in [-0.3, -0.25) is 0 Å². The Morgan fingerprint density at radius 1 is 1.32 bits per heavy atom. The van der Waals surface area contributed by atoms with E-state index in [4.69, 9.17) is 21.8 Å². The van der Waals surface area contributed by atoms with Gasteiger partial charge in [-0.05, 0) is 0 Å². The fourth-order valence-electron chi connectivity index (χ4n) is 3.58. The second-order valence-electron chi connectivity index (χ2n) is 7.38. The third-order valence-corrected chi connectivity index (χ3v) is 5.90. The van der Waals surface area contributed by atoms with Gasteiger partial charge >= 0.3 is 194 Å². The third-order valence-electron chi connectivity index (χ3n) is 5.51. The molecule has 2 amide bonds. The van der Waals surface area contributed by atoms with E-state index < -0.39 is 58.9 Å². The number of carbonyl (C=O) groups excluding carboxylic acids is 2. The molecule has 0 spiro atoms. The number of nitrogens with two attached hydrogens (primary N) is 1. The van der Waals surface area contributed by atoms with E-state index in [0.717, 1.165) is 32.3 Å². The maximum absolute atomic E-state index is 14.3. The van der Waals surface area contributed by atoms with Crippen molar-refractivity contribution in [3.05, 3.63) is 53.8 Å². The summed E-state index contributed by atoms with van der Waals surface area (Å²) in [5, 5.41) is 2.22. The Balaban J connectivity index is 0.00000578. The van der Waals surface area contributed by atoms with Crippen molar-refractivity contribution in [2.45, 2.75) is 37.6 Å². The van der Waals surface area contributed by atoms with Crippen LogP contribution in [0.4, 0.5) is 22.0 Å². The molecule has 1 saturated heterocycles. The van der Waals surface area contributed by atoms with Crippen LogP contribution >= 0.6 is 0 Å². The van der Waals surface area contributed by atoms with Crippen molar-refractivity contribution in [3.63, 3.8) is 0 Å². The normalized spacial score (nSPS) is 24.8. The summed E-state index contributed by atoms with van der Waals surface area (Å²) in [5.74, 6) is -8.29. The molecule has 1 aliphatic heterocycles. The molecule has 1 aliphatic rings. The summed E-state index contributed by atoms with van der Waals surface area (Å²) in [6.45, 7) is 7.32. The minimum absolute atomic E-state index is 0. The monoisotopic (exact) mass is 535 g/mol.